The Labute approximate surface area is 123 Å². The molecule has 0 atom stereocenters. The summed E-state index contributed by atoms with van der Waals surface area (Å²) in [5.74, 6) is 1.35. The van der Waals surface area contributed by atoms with Gasteiger partial charge in [-0.25, -0.2) is 4.99 Å². The van der Waals surface area contributed by atoms with Crippen LogP contribution in [0.25, 0.3) is 0 Å². The molecule has 6 heteroatoms. The van der Waals surface area contributed by atoms with Gasteiger partial charge in [0.25, 0.3) is 0 Å². The normalized spacial score (nSPS) is 11.0. The second-order valence-corrected chi connectivity index (χ2v) is 4.42. The first kappa shape index (κ1) is 14.4. The minimum atomic E-state index is -0.129. The molecule has 0 heterocycles. The maximum absolute atomic E-state index is 5.71. The molecule has 2 aromatic carbocycles. The van der Waals surface area contributed by atoms with Gasteiger partial charge in [-0.05, 0) is 43.3 Å². The first-order valence-corrected chi connectivity index (χ1v) is 6.31. The van der Waals surface area contributed by atoms with Gasteiger partial charge in [0.15, 0.2) is 5.96 Å². The van der Waals surface area contributed by atoms with Crippen molar-refractivity contribution in [2.75, 3.05) is 0 Å². The summed E-state index contributed by atoms with van der Waals surface area (Å²) in [6, 6.07) is 14.9. The summed E-state index contributed by atoms with van der Waals surface area (Å²) in [5, 5.41) is 0. The predicted molar refractivity (Wildman–Crippen MR) is 84.8 cm³/mol. The lowest BCUT2D eigenvalue weighted by atomic mass is 10.2. The van der Waals surface area contributed by atoms with Crippen LogP contribution in [0.2, 0.25) is 0 Å². The lowest BCUT2D eigenvalue weighted by Gasteiger charge is -2.06. The van der Waals surface area contributed by atoms with E-state index in [1.165, 1.54) is 5.56 Å². The van der Waals surface area contributed by atoms with E-state index >= 15 is 0 Å². The highest BCUT2D eigenvalue weighted by Crippen LogP contribution is 2.24. The molecule has 0 aliphatic heterocycles. The fourth-order valence-corrected chi connectivity index (χ4v) is 1.62. The molecular weight excluding hydrogens is 266 g/mol. The predicted octanol–water partition coefficient (Wildman–Crippen LogP) is 2.01. The highest BCUT2D eigenvalue weighted by molar-refractivity contribution is 5.93. The molecule has 0 aliphatic carbocycles. The Balaban J connectivity index is 2.08. The molecule has 0 bridgehead atoms. The van der Waals surface area contributed by atoms with Crippen LogP contribution in [0.5, 0.6) is 11.5 Å². The van der Waals surface area contributed by atoms with Crippen LogP contribution < -0.4 is 21.9 Å². The van der Waals surface area contributed by atoms with E-state index in [0.29, 0.717) is 11.4 Å². The minimum Gasteiger partial charge on any atom is -0.457 e. The fraction of sp³-hybridized carbons (Fsp3) is 0.0667. The molecule has 6 N–H and O–H groups in total. The molecule has 108 valence electrons. The zero-order valence-electron chi connectivity index (χ0n) is 11.7. The second kappa shape index (κ2) is 6.42. The Kier molecular flexibility index (Phi) is 4.40. The van der Waals surface area contributed by atoms with Crippen molar-refractivity contribution in [3.05, 3.63) is 54.1 Å². The van der Waals surface area contributed by atoms with Gasteiger partial charge in [-0.1, -0.05) is 17.7 Å². The zero-order chi connectivity index (χ0) is 15.2. The lowest BCUT2D eigenvalue weighted by molar-refractivity contribution is 0.482. The third-order valence-electron chi connectivity index (χ3n) is 2.58. The summed E-state index contributed by atoms with van der Waals surface area (Å²) in [7, 11) is 0. The quantitative estimate of drug-likeness (QED) is 0.590. The summed E-state index contributed by atoms with van der Waals surface area (Å²) in [6.07, 6.45) is 0. The zero-order valence-corrected chi connectivity index (χ0v) is 11.7. The maximum Gasteiger partial charge on any atom is 0.223 e. The summed E-state index contributed by atoms with van der Waals surface area (Å²) < 4.78 is 5.71. The summed E-state index contributed by atoms with van der Waals surface area (Å²) in [4.78, 5) is 7.69. The van der Waals surface area contributed by atoms with Crippen LogP contribution in [0.15, 0.2) is 58.5 Å². The van der Waals surface area contributed by atoms with Crippen LogP contribution in [0.1, 0.15) is 5.56 Å². The number of nitrogens with two attached hydrogens (primary N) is 3. The number of ether oxygens (including phenoxy) is 1. The number of hydrogen-bond donors (Lipinski definition) is 3. The molecule has 0 radical (unpaired) electrons. The highest BCUT2D eigenvalue weighted by Gasteiger charge is 1.98. The van der Waals surface area contributed by atoms with Gasteiger partial charge in [-0.3, -0.25) is 0 Å². The van der Waals surface area contributed by atoms with Crippen molar-refractivity contribution in [1.29, 1.82) is 0 Å². The highest BCUT2D eigenvalue weighted by atomic mass is 16.5. The van der Waals surface area contributed by atoms with Gasteiger partial charge in [-0.15, -0.1) is 0 Å². The van der Waals surface area contributed by atoms with E-state index in [2.05, 4.69) is 9.98 Å². The molecule has 0 fully saturated rings. The maximum atomic E-state index is 5.71. The fourth-order valence-electron chi connectivity index (χ4n) is 1.62. The molecule has 0 spiro atoms. The molecular formula is C15H17N5O. The average Bonchev–Trinajstić information content (AvgIpc) is 2.42. The summed E-state index contributed by atoms with van der Waals surface area (Å²) in [6.45, 7) is 2.03. The van der Waals surface area contributed by atoms with E-state index in [9.17, 15) is 0 Å². The van der Waals surface area contributed by atoms with Crippen molar-refractivity contribution in [2.45, 2.75) is 6.92 Å². The number of aryl methyl sites for hydroxylation is 1. The van der Waals surface area contributed by atoms with Crippen LogP contribution in [-0.2, 0) is 0 Å². The van der Waals surface area contributed by atoms with Gasteiger partial charge in [0.05, 0.1) is 5.69 Å². The Hall–Kier alpha value is -3.02. The topological polar surface area (TPSA) is 112 Å². The van der Waals surface area contributed by atoms with E-state index in [1.807, 2.05) is 31.2 Å². The van der Waals surface area contributed by atoms with Gasteiger partial charge in [0.1, 0.15) is 11.5 Å². The first-order valence-electron chi connectivity index (χ1n) is 6.31. The number of guanidine groups is 2. The van der Waals surface area contributed by atoms with Crippen molar-refractivity contribution in [2.24, 2.45) is 27.2 Å². The van der Waals surface area contributed by atoms with E-state index in [4.69, 9.17) is 21.9 Å². The molecule has 0 saturated carbocycles. The molecule has 0 aliphatic rings. The monoisotopic (exact) mass is 283 g/mol. The SMILES string of the molecule is Cc1ccc(Oc2ccc(N=C(N)N=C(N)N)cc2)cc1. The van der Waals surface area contributed by atoms with Crippen molar-refractivity contribution in [1.82, 2.24) is 0 Å². The van der Waals surface area contributed by atoms with Crippen LogP contribution in [0.4, 0.5) is 5.69 Å². The summed E-state index contributed by atoms with van der Waals surface area (Å²) >= 11 is 0. The number of hydrogen-bond acceptors (Lipinski definition) is 2. The molecule has 2 aromatic rings. The van der Waals surface area contributed by atoms with Gasteiger partial charge in [0.2, 0.25) is 5.96 Å². The average molecular weight is 283 g/mol. The Morgan fingerprint density at radius 2 is 1.38 bits per heavy atom. The van der Waals surface area contributed by atoms with Crippen molar-refractivity contribution in [3.8, 4) is 11.5 Å². The van der Waals surface area contributed by atoms with Gasteiger partial charge < -0.3 is 21.9 Å². The first-order chi connectivity index (χ1) is 10.0. The van der Waals surface area contributed by atoms with Gasteiger partial charge in [-0.2, -0.15) is 4.99 Å². The molecule has 2 rings (SSSR count). The van der Waals surface area contributed by atoms with Crippen molar-refractivity contribution in [3.63, 3.8) is 0 Å². The van der Waals surface area contributed by atoms with Crippen LogP contribution in [-0.4, -0.2) is 11.9 Å². The molecule has 0 saturated heterocycles. The second-order valence-electron chi connectivity index (χ2n) is 4.42. The third-order valence-corrected chi connectivity index (χ3v) is 2.58. The molecule has 21 heavy (non-hydrogen) atoms. The molecule has 6 nitrogen and oxygen atoms in total. The number of nitrogens with zero attached hydrogens (tertiary/aromatic N) is 2. The van der Waals surface area contributed by atoms with E-state index in [0.717, 1.165) is 5.75 Å². The van der Waals surface area contributed by atoms with E-state index < -0.39 is 0 Å². The van der Waals surface area contributed by atoms with Gasteiger partial charge >= 0.3 is 0 Å². The van der Waals surface area contributed by atoms with Gasteiger partial charge in [0, 0.05) is 0 Å². The van der Waals surface area contributed by atoms with E-state index in [1.54, 1.807) is 24.3 Å². The third kappa shape index (κ3) is 4.54. The van der Waals surface area contributed by atoms with Crippen molar-refractivity contribution >= 4 is 17.6 Å². The van der Waals surface area contributed by atoms with Crippen LogP contribution in [0, 0.1) is 6.92 Å². The largest absolute Gasteiger partial charge is 0.457 e. The Bertz CT molecular complexity index is 655. The lowest BCUT2D eigenvalue weighted by Crippen LogP contribution is -2.26. The van der Waals surface area contributed by atoms with E-state index in [-0.39, 0.29) is 11.9 Å². The standard InChI is InChI=1S/C15H17N5O/c1-10-2-6-12(7-3-10)21-13-8-4-11(5-9-13)19-15(18)20-14(16)17/h2-9H,1H3,(H6,16,17,18,19,20). The molecule has 0 unspecified atom stereocenters. The summed E-state index contributed by atoms with van der Waals surface area (Å²) in [5.41, 5.74) is 17.8. The minimum absolute atomic E-state index is 0.00204. The Morgan fingerprint density at radius 1 is 0.857 bits per heavy atom. The van der Waals surface area contributed by atoms with Crippen LogP contribution in [0.3, 0.4) is 0 Å². The van der Waals surface area contributed by atoms with Crippen LogP contribution >= 0.6 is 0 Å². The molecule has 0 amide bonds. The number of aliphatic imine (C=N–C) groups is 2. The van der Waals surface area contributed by atoms with Crippen molar-refractivity contribution < 1.29 is 4.74 Å². The smallest absolute Gasteiger partial charge is 0.223 e. The number of benzene rings is 2. The Morgan fingerprint density at radius 3 is 1.90 bits per heavy atom. The molecule has 0 aromatic heterocycles. The number of rotatable bonds is 3.